The minimum absolute atomic E-state index is 0.117. The molecule has 1 aliphatic rings. The molecular formula is C31H34N6O2S. The van der Waals surface area contributed by atoms with Crippen molar-refractivity contribution >= 4 is 23.5 Å². The Hall–Kier alpha value is -3.79. The molecule has 5 rings (SSSR count). The van der Waals surface area contributed by atoms with Crippen LogP contribution >= 0.6 is 11.8 Å². The Balaban J connectivity index is 1.16. The van der Waals surface area contributed by atoms with Crippen molar-refractivity contribution in [2.75, 3.05) is 38.2 Å². The minimum atomic E-state index is -0.117. The summed E-state index contributed by atoms with van der Waals surface area (Å²) in [4.78, 5) is 31.2. The summed E-state index contributed by atoms with van der Waals surface area (Å²) in [6.07, 6.45) is 1.72. The maximum Gasteiger partial charge on any atom is 0.251 e. The molecule has 0 unspecified atom stereocenters. The number of pyridine rings is 1. The fourth-order valence-corrected chi connectivity index (χ4v) is 5.39. The second-order valence-electron chi connectivity index (χ2n) is 9.67. The molecule has 8 nitrogen and oxygen atoms in total. The van der Waals surface area contributed by atoms with Crippen molar-refractivity contribution in [2.45, 2.75) is 30.6 Å². The number of amides is 1. The van der Waals surface area contributed by atoms with Crippen LogP contribution in [-0.4, -0.2) is 59.0 Å². The van der Waals surface area contributed by atoms with E-state index in [-0.39, 0.29) is 5.91 Å². The van der Waals surface area contributed by atoms with Crippen LogP contribution in [0, 0.1) is 0 Å². The molecule has 4 aromatic rings. The Morgan fingerprint density at radius 1 is 0.900 bits per heavy atom. The molecule has 2 aromatic heterocycles. The Kier molecular flexibility index (Phi) is 9.73. The Morgan fingerprint density at radius 2 is 1.68 bits per heavy atom. The topological polar surface area (TPSA) is 83.5 Å². The third-order valence-corrected chi connectivity index (χ3v) is 7.64. The number of nitrogens with zero attached hydrogens (tertiary/aromatic N) is 5. The number of hydrogen-bond donors (Lipinski definition) is 1. The first kappa shape index (κ1) is 27.8. The van der Waals surface area contributed by atoms with Crippen LogP contribution in [0.25, 0.3) is 0 Å². The molecule has 1 amide bonds. The molecule has 1 aliphatic heterocycles. The highest BCUT2D eigenvalue weighted by molar-refractivity contribution is 7.98. The molecule has 0 spiro atoms. The largest absolute Gasteiger partial charge is 0.378 e. The van der Waals surface area contributed by atoms with Gasteiger partial charge in [0.05, 0.1) is 24.5 Å². The van der Waals surface area contributed by atoms with E-state index in [4.69, 9.17) is 14.7 Å². The summed E-state index contributed by atoms with van der Waals surface area (Å²) >= 11 is 1.59. The number of methoxy groups -OCH3 is 1. The predicted molar refractivity (Wildman–Crippen MR) is 158 cm³/mol. The molecule has 0 aliphatic carbocycles. The molecule has 0 saturated carbocycles. The number of carbonyl (C=O) groups excluding carboxylic acids is 1. The quantitative estimate of drug-likeness (QED) is 0.213. The van der Waals surface area contributed by atoms with Crippen molar-refractivity contribution in [3.8, 4) is 0 Å². The number of benzene rings is 2. The lowest BCUT2D eigenvalue weighted by Gasteiger charge is -2.35. The zero-order chi connectivity index (χ0) is 27.6. The normalized spacial score (nSPS) is 13.8. The molecule has 0 radical (unpaired) electrons. The van der Waals surface area contributed by atoms with Gasteiger partial charge in [-0.3, -0.25) is 14.7 Å². The number of nitrogens with one attached hydrogen (secondary N) is 1. The van der Waals surface area contributed by atoms with Gasteiger partial charge >= 0.3 is 0 Å². The summed E-state index contributed by atoms with van der Waals surface area (Å²) in [5.41, 5.74) is 4.77. The van der Waals surface area contributed by atoms with Crippen LogP contribution in [0.5, 0.6) is 0 Å². The third-order valence-electron chi connectivity index (χ3n) is 6.72. The average molecular weight is 555 g/mol. The van der Waals surface area contributed by atoms with Gasteiger partial charge in [-0.05, 0) is 35.4 Å². The van der Waals surface area contributed by atoms with Crippen molar-refractivity contribution in [3.63, 3.8) is 0 Å². The molecule has 206 valence electrons. The molecule has 2 aromatic carbocycles. The van der Waals surface area contributed by atoms with E-state index < -0.39 is 0 Å². The van der Waals surface area contributed by atoms with Gasteiger partial charge in [-0.2, -0.15) is 0 Å². The zero-order valence-electron chi connectivity index (χ0n) is 22.7. The molecule has 40 heavy (non-hydrogen) atoms. The van der Waals surface area contributed by atoms with Crippen molar-refractivity contribution < 1.29 is 9.53 Å². The van der Waals surface area contributed by atoms with Gasteiger partial charge in [0.15, 0.2) is 5.16 Å². The minimum Gasteiger partial charge on any atom is -0.378 e. The number of aromatic nitrogens is 3. The summed E-state index contributed by atoms with van der Waals surface area (Å²) in [7, 11) is 1.69. The molecule has 3 heterocycles. The van der Waals surface area contributed by atoms with Gasteiger partial charge in [0.2, 0.25) is 0 Å². The lowest BCUT2D eigenvalue weighted by Crippen LogP contribution is -2.46. The Morgan fingerprint density at radius 3 is 2.40 bits per heavy atom. The lowest BCUT2D eigenvalue weighted by molar-refractivity contribution is 0.0950. The van der Waals surface area contributed by atoms with E-state index in [9.17, 15) is 4.79 Å². The number of piperazine rings is 1. The van der Waals surface area contributed by atoms with Gasteiger partial charge in [-0.25, -0.2) is 9.97 Å². The van der Waals surface area contributed by atoms with Crippen LogP contribution < -0.4 is 10.2 Å². The standard InChI is InChI=1S/C31H34N6O2S/c1-39-22-28-19-29(37-17-15-36(16-18-37)21-24-7-3-2-4-8-24)35-31(34-28)40-23-25-10-12-26(13-11-25)30(38)33-20-27-9-5-6-14-32-27/h2-14,19H,15-18,20-23H2,1H3,(H,33,38). The van der Waals surface area contributed by atoms with Crippen LogP contribution in [0.1, 0.15) is 32.9 Å². The first-order chi connectivity index (χ1) is 19.7. The van der Waals surface area contributed by atoms with Crippen LogP contribution in [0.2, 0.25) is 0 Å². The van der Waals surface area contributed by atoms with E-state index in [1.807, 2.05) is 48.5 Å². The monoisotopic (exact) mass is 554 g/mol. The maximum atomic E-state index is 12.5. The SMILES string of the molecule is COCc1cc(N2CCN(Cc3ccccc3)CC2)nc(SCc2ccc(C(=O)NCc3ccccn3)cc2)n1. The smallest absolute Gasteiger partial charge is 0.251 e. The molecule has 1 N–H and O–H groups in total. The van der Waals surface area contributed by atoms with Crippen molar-refractivity contribution in [2.24, 2.45) is 0 Å². The molecule has 0 atom stereocenters. The zero-order valence-corrected chi connectivity index (χ0v) is 23.5. The van der Waals surface area contributed by atoms with Gasteiger partial charge in [0.25, 0.3) is 5.91 Å². The van der Waals surface area contributed by atoms with Crippen LogP contribution in [0.4, 0.5) is 5.82 Å². The fourth-order valence-electron chi connectivity index (χ4n) is 4.56. The Labute approximate surface area is 239 Å². The number of carbonyl (C=O) groups is 1. The van der Waals surface area contributed by atoms with Gasteiger partial charge in [-0.1, -0.05) is 60.3 Å². The second kappa shape index (κ2) is 14.0. The fraction of sp³-hybridized carbons (Fsp3) is 0.290. The molecular weight excluding hydrogens is 520 g/mol. The molecule has 9 heteroatoms. The van der Waals surface area contributed by atoms with E-state index in [0.717, 1.165) is 60.6 Å². The van der Waals surface area contributed by atoms with E-state index in [0.29, 0.717) is 24.5 Å². The van der Waals surface area contributed by atoms with Crippen LogP contribution in [0.3, 0.4) is 0 Å². The van der Waals surface area contributed by atoms with E-state index in [1.165, 1.54) is 5.56 Å². The van der Waals surface area contributed by atoms with Crippen LogP contribution in [0.15, 0.2) is 90.2 Å². The third kappa shape index (κ3) is 7.88. The van der Waals surface area contributed by atoms with Gasteiger partial charge in [-0.15, -0.1) is 0 Å². The highest BCUT2D eigenvalue weighted by atomic mass is 32.2. The average Bonchev–Trinajstić information content (AvgIpc) is 3.00. The highest BCUT2D eigenvalue weighted by Crippen LogP contribution is 2.24. The number of thioether (sulfide) groups is 1. The molecule has 1 saturated heterocycles. The number of hydrogen-bond acceptors (Lipinski definition) is 8. The summed E-state index contributed by atoms with van der Waals surface area (Å²) in [6, 6.07) is 26.0. The molecule has 1 fully saturated rings. The second-order valence-corrected chi connectivity index (χ2v) is 10.6. The highest BCUT2D eigenvalue weighted by Gasteiger charge is 2.20. The van der Waals surface area contributed by atoms with E-state index in [1.54, 1.807) is 25.1 Å². The van der Waals surface area contributed by atoms with Gasteiger partial charge in [0.1, 0.15) is 5.82 Å². The predicted octanol–water partition coefficient (Wildman–Crippen LogP) is 4.56. The van der Waals surface area contributed by atoms with E-state index >= 15 is 0 Å². The summed E-state index contributed by atoms with van der Waals surface area (Å²) in [5.74, 6) is 1.54. The van der Waals surface area contributed by atoms with Gasteiger partial charge < -0.3 is 15.0 Å². The van der Waals surface area contributed by atoms with Crippen molar-refractivity contribution in [1.82, 2.24) is 25.2 Å². The first-order valence-electron chi connectivity index (χ1n) is 13.4. The summed E-state index contributed by atoms with van der Waals surface area (Å²) in [5, 5.41) is 3.65. The lowest BCUT2D eigenvalue weighted by atomic mass is 10.1. The summed E-state index contributed by atoms with van der Waals surface area (Å²) < 4.78 is 5.39. The van der Waals surface area contributed by atoms with Crippen LogP contribution in [-0.2, 0) is 30.2 Å². The first-order valence-corrected chi connectivity index (χ1v) is 14.4. The summed E-state index contributed by atoms with van der Waals surface area (Å²) in [6.45, 7) is 5.63. The molecule has 0 bridgehead atoms. The number of rotatable bonds is 11. The maximum absolute atomic E-state index is 12.5. The van der Waals surface area contributed by atoms with Gasteiger partial charge in [0, 0.05) is 63.4 Å². The van der Waals surface area contributed by atoms with E-state index in [2.05, 4.69) is 50.4 Å². The van der Waals surface area contributed by atoms with Crippen molar-refractivity contribution in [3.05, 3.63) is 113 Å². The Bertz CT molecular complexity index is 1360. The van der Waals surface area contributed by atoms with Crippen molar-refractivity contribution in [1.29, 1.82) is 0 Å². The number of anilines is 1. The number of ether oxygens (including phenoxy) is 1.